The minimum Gasteiger partial charge on any atom is -0.497 e. The number of halogens is 1. The Kier molecular flexibility index (Phi) is 6.29. The van der Waals surface area contributed by atoms with Crippen molar-refractivity contribution >= 4 is 12.0 Å². The van der Waals surface area contributed by atoms with Crippen LogP contribution in [0.4, 0.5) is 4.39 Å². The van der Waals surface area contributed by atoms with Crippen molar-refractivity contribution in [1.29, 1.82) is 0 Å². The molecule has 7 heteroatoms. The molecule has 3 rings (SSSR count). The number of hydrogen-bond acceptors (Lipinski definition) is 4. The summed E-state index contributed by atoms with van der Waals surface area (Å²) < 4.78 is 25.6. The molecule has 0 aliphatic rings. The molecule has 0 saturated carbocycles. The van der Waals surface area contributed by atoms with Crippen LogP contribution in [0.15, 0.2) is 60.9 Å². The smallest absolute Gasteiger partial charge is 0.244 e. The Morgan fingerprint density at radius 1 is 1.14 bits per heavy atom. The fourth-order valence-corrected chi connectivity index (χ4v) is 2.90. The van der Waals surface area contributed by atoms with Gasteiger partial charge in [-0.1, -0.05) is 12.1 Å². The Morgan fingerprint density at radius 3 is 2.34 bits per heavy atom. The van der Waals surface area contributed by atoms with Crippen LogP contribution >= 0.6 is 0 Å². The van der Waals surface area contributed by atoms with Crippen molar-refractivity contribution in [3.63, 3.8) is 0 Å². The van der Waals surface area contributed by atoms with Crippen LogP contribution in [-0.4, -0.2) is 29.7 Å². The van der Waals surface area contributed by atoms with E-state index >= 15 is 0 Å². The lowest BCUT2D eigenvalue weighted by atomic mass is 10.1. The monoisotopic (exact) mass is 395 g/mol. The van der Waals surface area contributed by atoms with E-state index in [4.69, 9.17) is 9.47 Å². The van der Waals surface area contributed by atoms with Crippen molar-refractivity contribution in [2.45, 2.75) is 6.04 Å². The second-order valence-electron chi connectivity index (χ2n) is 6.37. The Hall–Kier alpha value is -3.61. The Morgan fingerprint density at radius 2 is 1.79 bits per heavy atom. The number of aromatic nitrogens is 2. The second kappa shape index (κ2) is 9.05. The number of methoxy groups -OCH3 is 2. The molecule has 1 atom stereocenters. The number of ether oxygens (including phenoxy) is 2. The van der Waals surface area contributed by atoms with E-state index < -0.39 is 6.04 Å². The molecule has 1 aromatic heterocycles. The highest BCUT2D eigenvalue weighted by Crippen LogP contribution is 2.24. The first-order valence-corrected chi connectivity index (χ1v) is 8.94. The zero-order valence-electron chi connectivity index (χ0n) is 16.4. The summed E-state index contributed by atoms with van der Waals surface area (Å²) in [6.45, 7) is 0. The van der Waals surface area contributed by atoms with Crippen molar-refractivity contribution in [2.24, 2.45) is 7.05 Å². The fraction of sp³-hybridized carbons (Fsp3) is 0.182. The van der Waals surface area contributed by atoms with Gasteiger partial charge in [0.15, 0.2) is 0 Å². The number of carbonyl (C=O) groups is 1. The summed E-state index contributed by atoms with van der Waals surface area (Å²) in [5.74, 6) is 1.24. The van der Waals surface area contributed by atoms with Crippen LogP contribution in [0.2, 0.25) is 0 Å². The number of rotatable bonds is 7. The van der Waals surface area contributed by atoms with Crippen LogP contribution in [-0.2, 0) is 11.8 Å². The van der Waals surface area contributed by atoms with E-state index in [9.17, 15) is 9.18 Å². The topological polar surface area (TPSA) is 65.4 Å². The zero-order valence-corrected chi connectivity index (χ0v) is 16.4. The quantitative estimate of drug-likeness (QED) is 0.622. The molecule has 0 spiro atoms. The van der Waals surface area contributed by atoms with Gasteiger partial charge in [0.05, 0.1) is 14.2 Å². The zero-order chi connectivity index (χ0) is 20.8. The van der Waals surface area contributed by atoms with Gasteiger partial charge in [-0.05, 0) is 41.5 Å². The number of nitrogens with zero attached hydrogens (tertiary/aromatic N) is 2. The number of nitrogens with one attached hydrogen (secondary N) is 1. The van der Waals surface area contributed by atoms with E-state index in [1.54, 1.807) is 63.0 Å². The normalized spacial score (nSPS) is 12.0. The molecule has 2 aromatic carbocycles. The van der Waals surface area contributed by atoms with Crippen LogP contribution in [0.5, 0.6) is 11.5 Å². The second-order valence-corrected chi connectivity index (χ2v) is 6.37. The van der Waals surface area contributed by atoms with Gasteiger partial charge in [-0.25, -0.2) is 9.37 Å². The van der Waals surface area contributed by atoms with Crippen molar-refractivity contribution < 1.29 is 18.7 Å². The van der Waals surface area contributed by atoms with E-state index in [-0.39, 0.29) is 11.7 Å². The Balaban J connectivity index is 1.83. The molecule has 1 heterocycles. The number of benzene rings is 2. The van der Waals surface area contributed by atoms with E-state index in [2.05, 4.69) is 10.3 Å². The Bertz CT molecular complexity index is 990. The number of amides is 1. The maximum Gasteiger partial charge on any atom is 0.244 e. The average Bonchev–Trinajstić information content (AvgIpc) is 3.16. The van der Waals surface area contributed by atoms with Crippen LogP contribution in [0.1, 0.15) is 23.0 Å². The average molecular weight is 395 g/mol. The molecule has 6 nitrogen and oxygen atoms in total. The standard InChI is InChI=1S/C22H22FN3O3/c1-26-11-10-24-22(26)21(16-5-7-17(23)8-6-16)25-20(27)9-4-15-12-18(28-2)14-19(13-15)29-3/h4-14,21H,1-3H3,(H,25,27)/b9-4+. The molecule has 150 valence electrons. The lowest BCUT2D eigenvalue weighted by Crippen LogP contribution is -2.29. The van der Waals surface area contributed by atoms with Gasteiger partial charge in [-0.3, -0.25) is 4.79 Å². The van der Waals surface area contributed by atoms with E-state index in [1.807, 2.05) is 11.6 Å². The first-order chi connectivity index (χ1) is 14.0. The molecule has 0 aliphatic carbocycles. The molecule has 29 heavy (non-hydrogen) atoms. The highest BCUT2D eigenvalue weighted by molar-refractivity contribution is 5.92. The first kappa shape index (κ1) is 20.1. The third-order valence-corrected chi connectivity index (χ3v) is 4.41. The van der Waals surface area contributed by atoms with Gasteiger partial charge >= 0.3 is 0 Å². The molecule has 0 aliphatic heterocycles. The largest absolute Gasteiger partial charge is 0.497 e. The predicted molar refractivity (Wildman–Crippen MR) is 108 cm³/mol. The lowest BCUT2D eigenvalue weighted by molar-refractivity contribution is -0.117. The number of carbonyl (C=O) groups excluding carboxylic acids is 1. The van der Waals surface area contributed by atoms with Gasteiger partial charge in [0, 0.05) is 31.6 Å². The summed E-state index contributed by atoms with van der Waals surface area (Å²) in [6, 6.07) is 10.8. The molecule has 0 fully saturated rings. The van der Waals surface area contributed by atoms with Gasteiger partial charge in [-0.2, -0.15) is 0 Å². The van der Waals surface area contributed by atoms with Gasteiger partial charge in [0.2, 0.25) is 5.91 Å². The van der Waals surface area contributed by atoms with Gasteiger partial charge < -0.3 is 19.4 Å². The van der Waals surface area contributed by atoms with E-state index in [1.165, 1.54) is 18.2 Å². The van der Waals surface area contributed by atoms with Crippen molar-refractivity contribution in [3.05, 3.63) is 83.7 Å². The Labute approximate surface area is 168 Å². The van der Waals surface area contributed by atoms with E-state index in [0.29, 0.717) is 17.3 Å². The van der Waals surface area contributed by atoms with Crippen LogP contribution in [0, 0.1) is 5.82 Å². The summed E-state index contributed by atoms with van der Waals surface area (Å²) >= 11 is 0. The predicted octanol–water partition coefficient (Wildman–Crippen LogP) is 3.50. The molecule has 0 radical (unpaired) electrons. The third kappa shape index (κ3) is 5.01. The van der Waals surface area contributed by atoms with Crippen LogP contribution in [0.25, 0.3) is 6.08 Å². The van der Waals surface area contributed by atoms with Gasteiger partial charge in [0.25, 0.3) is 0 Å². The SMILES string of the molecule is COc1cc(/C=C/C(=O)NC(c2ccc(F)cc2)c2nccn2C)cc(OC)c1. The van der Waals surface area contributed by atoms with Gasteiger partial charge in [0.1, 0.15) is 29.2 Å². The van der Waals surface area contributed by atoms with Crippen molar-refractivity contribution in [1.82, 2.24) is 14.9 Å². The molecule has 0 bridgehead atoms. The molecule has 1 N–H and O–H groups in total. The number of aryl methyl sites for hydroxylation is 1. The molecular weight excluding hydrogens is 373 g/mol. The minimum atomic E-state index is -0.521. The highest BCUT2D eigenvalue weighted by atomic mass is 19.1. The molecule has 0 saturated heterocycles. The van der Waals surface area contributed by atoms with Crippen molar-refractivity contribution in [3.8, 4) is 11.5 Å². The van der Waals surface area contributed by atoms with Crippen molar-refractivity contribution in [2.75, 3.05) is 14.2 Å². The van der Waals surface area contributed by atoms with E-state index in [0.717, 1.165) is 11.1 Å². The highest BCUT2D eigenvalue weighted by Gasteiger charge is 2.20. The summed E-state index contributed by atoms with van der Waals surface area (Å²) in [5.41, 5.74) is 1.48. The summed E-state index contributed by atoms with van der Waals surface area (Å²) in [5, 5.41) is 2.93. The number of hydrogen-bond donors (Lipinski definition) is 1. The fourth-order valence-electron chi connectivity index (χ4n) is 2.90. The molecular formula is C22H22FN3O3. The minimum absolute atomic E-state index is 0.316. The van der Waals surface area contributed by atoms with Crippen LogP contribution in [0.3, 0.4) is 0 Å². The molecule has 1 amide bonds. The summed E-state index contributed by atoms with van der Waals surface area (Å²) in [6.07, 6.45) is 6.53. The van der Waals surface area contributed by atoms with Crippen LogP contribution < -0.4 is 14.8 Å². The summed E-state index contributed by atoms with van der Waals surface area (Å²) in [7, 11) is 4.97. The summed E-state index contributed by atoms with van der Waals surface area (Å²) in [4.78, 5) is 16.9. The van der Waals surface area contributed by atoms with Gasteiger partial charge in [-0.15, -0.1) is 0 Å². The maximum atomic E-state index is 13.3. The maximum absolute atomic E-state index is 13.3. The lowest BCUT2D eigenvalue weighted by Gasteiger charge is -2.18. The molecule has 1 unspecified atom stereocenters. The first-order valence-electron chi connectivity index (χ1n) is 8.94. The number of imidazole rings is 1. The molecule has 3 aromatic rings. The third-order valence-electron chi connectivity index (χ3n) is 4.41.